The molecule has 1 aliphatic rings. The number of carbonyl (C=O) groups is 3. The number of amides is 2. The van der Waals surface area contributed by atoms with Crippen molar-refractivity contribution in [1.29, 1.82) is 0 Å². The Labute approximate surface area is 195 Å². The molecule has 0 fully saturated rings. The van der Waals surface area contributed by atoms with Crippen molar-refractivity contribution in [3.05, 3.63) is 65.5 Å². The lowest BCUT2D eigenvalue weighted by molar-refractivity contribution is -0.139. The number of aromatic nitrogens is 3. The van der Waals surface area contributed by atoms with Crippen LogP contribution in [0.1, 0.15) is 53.8 Å². The Morgan fingerprint density at radius 3 is 2.35 bits per heavy atom. The maximum Gasteiger partial charge on any atom is 0.414 e. The molecular weight excluding hydrogens is 438 g/mol. The van der Waals surface area contributed by atoms with Crippen molar-refractivity contribution < 1.29 is 24.2 Å². The second-order valence-corrected chi connectivity index (χ2v) is 7.96. The van der Waals surface area contributed by atoms with Crippen molar-refractivity contribution in [2.45, 2.75) is 38.1 Å². The third-order valence-corrected chi connectivity index (χ3v) is 5.71. The van der Waals surface area contributed by atoms with Gasteiger partial charge in [-0.15, -0.1) is 5.10 Å². The Balaban J connectivity index is 1.35. The van der Waals surface area contributed by atoms with E-state index in [2.05, 4.69) is 25.8 Å². The zero-order valence-electron chi connectivity index (χ0n) is 18.6. The first kappa shape index (κ1) is 23.0. The fourth-order valence-corrected chi connectivity index (χ4v) is 4.04. The summed E-state index contributed by atoms with van der Waals surface area (Å²) < 4.78 is 5.43. The van der Waals surface area contributed by atoms with Crippen LogP contribution >= 0.6 is 0 Å². The van der Waals surface area contributed by atoms with Crippen LogP contribution < -0.4 is 10.6 Å². The van der Waals surface area contributed by atoms with Gasteiger partial charge in [0.1, 0.15) is 12.6 Å². The summed E-state index contributed by atoms with van der Waals surface area (Å²) in [7, 11) is 0. The van der Waals surface area contributed by atoms with Crippen LogP contribution in [-0.2, 0) is 9.53 Å². The van der Waals surface area contributed by atoms with Gasteiger partial charge in [0.05, 0.1) is 0 Å². The molecule has 34 heavy (non-hydrogen) atoms. The number of nitrogens with one attached hydrogen (secondary N) is 3. The fraction of sp³-hybridized carbons (Fsp3) is 0.292. The third kappa shape index (κ3) is 4.90. The fourth-order valence-electron chi connectivity index (χ4n) is 4.04. The Kier molecular flexibility index (Phi) is 6.86. The van der Waals surface area contributed by atoms with E-state index in [9.17, 15) is 19.5 Å². The largest absolute Gasteiger partial charge is 0.480 e. The van der Waals surface area contributed by atoms with Crippen molar-refractivity contribution in [3.8, 4) is 11.1 Å². The maximum atomic E-state index is 12.4. The molecule has 0 radical (unpaired) electrons. The minimum Gasteiger partial charge on any atom is -0.480 e. The summed E-state index contributed by atoms with van der Waals surface area (Å²) in [5.74, 6) is -2.31. The SMILES string of the molecule is CCCC[C@H](NC(=O)c1nc(NC(=O)OCC2c3ccccc3-c3ccccc32)n[nH]1)C(=O)O. The van der Waals surface area contributed by atoms with E-state index in [1.54, 1.807) is 0 Å². The van der Waals surface area contributed by atoms with Gasteiger partial charge in [-0.3, -0.25) is 15.2 Å². The van der Waals surface area contributed by atoms with Gasteiger partial charge in [-0.1, -0.05) is 68.3 Å². The number of benzene rings is 2. The van der Waals surface area contributed by atoms with Crippen LogP contribution in [0, 0.1) is 0 Å². The molecule has 10 heteroatoms. The topological polar surface area (TPSA) is 146 Å². The molecule has 0 unspecified atom stereocenters. The number of fused-ring (bicyclic) bond motifs is 3. The van der Waals surface area contributed by atoms with Gasteiger partial charge in [-0.25, -0.2) is 9.59 Å². The summed E-state index contributed by atoms with van der Waals surface area (Å²) >= 11 is 0. The second kappa shape index (κ2) is 10.2. The molecule has 2 amide bonds. The van der Waals surface area contributed by atoms with Gasteiger partial charge in [-0.2, -0.15) is 4.98 Å². The number of aromatic amines is 1. The molecule has 0 bridgehead atoms. The number of rotatable bonds is 9. The normalized spacial score (nSPS) is 13.0. The monoisotopic (exact) mass is 463 g/mol. The number of carboxylic acids is 1. The first-order valence-electron chi connectivity index (χ1n) is 11.1. The van der Waals surface area contributed by atoms with Gasteiger partial charge in [0.2, 0.25) is 5.82 Å². The summed E-state index contributed by atoms with van der Waals surface area (Å²) in [6.07, 6.45) is 0.994. The number of unbranched alkanes of at least 4 members (excludes halogenated alkanes) is 1. The van der Waals surface area contributed by atoms with Gasteiger partial charge in [-0.05, 0) is 28.7 Å². The molecule has 1 aromatic heterocycles. The molecule has 1 aliphatic carbocycles. The van der Waals surface area contributed by atoms with Crippen molar-refractivity contribution in [2.24, 2.45) is 0 Å². The molecule has 2 aromatic carbocycles. The maximum absolute atomic E-state index is 12.4. The van der Waals surface area contributed by atoms with E-state index in [0.29, 0.717) is 12.8 Å². The quantitative estimate of drug-likeness (QED) is 0.379. The van der Waals surface area contributed by atoms with Crippen LogP contribution in [0.2, 0.25) is 0 Å². The zero-order valence-corrected chi connectivity index (χ0v) is 18.6. The van der Waals surface area contributed by atoms with Crippen LogP contribution in [0.5, 0.6) is 0 Å². The number of hydrogen-bond acceptors (Lipinski definition) is 6. The summed E-state index contributed by atoms with van der Waals surface area (Å²) in [5.41, 5.74) is 4.42. The molecule has 1 heterocycles. The van der Waals surface area contributed by atoms with Crippen LogP contribution in [0.4, 0.5) is 10.7 Å². The molecule has 1 atom stereocenters. The number of carboxylic acid groups (broad SMARTS) is 1. The average Bonchev–Trinajstić information content (AvgIpc) is 3.43. The highest BCUT2D eigenvalue weighted by atomic mass is 16.5. The van der Waals surface area contributed by atoms with E-state index in [-0.39, 0.29) is 24.3 Å². The number of anilines is 1. The lowest BCUT2D eigenvalue weighted by atomic mass is 9.98. The Bertz CT molecular complexity index is 1160. The number of nitrogens with zero attached hydrogens (tertiary/aromatic N) is 2. The van der Waals surface area contributed by atoms with E-state index < -0.39 is 24.0 Å². The predicted octanol–water partition coefficient (Wildman–Crippen LogP) is 3.54. The van der Waals surface area contributed by atoms with Crippen molar-refractivity contribution >= 4 is 23.9 Å². The minimum absolute atomic E-state index is 0.0947. The highest BCUT2D eigenvalue weighted by molar-refractivity contribution is 5.94. The molecule has 176 valence electrons. The first-order valence-corrected chi connectivity index (χ1v) is 11.1. The van der Waals surface area contributed by atoms with E-state index in [1.807, 2.05) is 55.5 Å². The van der Waals surface area contributed by atoms with E-state index in [1.165, 1.54) is 0 Å². The van der Waals surface area contributed by atoms with E-state index >= 15 is 0 Å². The predicted molar refractivity (Wildman–Crippen MR) is 123 cm³/mol. The second-order valence-electron chi connectivity index (χ2n) is 7.96. The molecule has 4 rings (SSSR count). The summed E-state index contributed by atoms with van der Waals surface area (Å²) in [4.78, 5) is 39.9. The summed E-state index contributed by atoms with van der Waals surface area (Å²) in [5, 5.41) is 20.2. The summed E-state index contributed by atoms with van der Waals surface area (Å²) in [6.45, 7) is 2.05. The van der Waals surface area contributed by atoms with Gasteiger partial charge in [0, 0.05) is 5.92 Å². The van der Waals surface area contributed by atoms with Crippen molar-refractivity contribution in [2.75, 3.05) is 11.9 Å². The van der Waals surface area contributed by atoms with Crippen LogP contribution in [0.25, 0.3) is 11.1 Å². The average molecular weight is 463 g/mol. The zero-order chi connectivity index (χ0) is 24.1. The molecule has 0 saturated carbocycles. The van der Waals surface area contributed by atoms with Crippen molar-refractivity contribution in [1.82, 2.24) is 20.5 Å². The molecule has 3 aromatic rings. The Morgan fingerprint density at radius 1 is 1.09 bits per heavy atom. The van der Waals surface area contributed by atoms with Gasteiger partial charge >= 0.3 is 12.1 Å². The standard InChI is InChI=1S/C24H25N5O5/c1-2-3-12-19(22(31)32)25-21(30)20-26-23(29-28-20)27-24(33)34-13-18-16-10-6-4-8-14(16)15-9-5-7-11-17(15)18/h4-11,18-19H,2-3,12-13H2,1H3,(H,25,30)(H,31,32)(H2,26,27,28,29,33)/t19-/m0/s1. The number of ether oxygens (including phenoxy) is 1. The molecular formula is C24H25N5O5. The molecule has 0 aliphatic heterocycles. The minimum atomic E-state index is -1.13. The highest BCUT2D eigenvalue weighted by Crippen LogP contribution is 2.44. The smallest absolute Gasteiger partial charge is 0.414 e. The molecule has 0 saturated heterocycles. The third-order valence-electron chi connectivity index (χ3n) is 5.71. The molecule has 4 N–H and O–H groups in total. The summed E-state index contributed by atoms with van der Waals surface area (Å²) in [6, 6.07) is 15.0. The highest BCUT2D eigenvalue weighted by Gasteiger charge is 2.29. The first-order chi connectivity index (χ1) is 16.5. The lowest BCUT2D eigenvalue weighted by Gasteiger charge is -2.14. The molecule has 10 nitrogen and oxygen atoms in total. The Hall–Kier alpha value is -4.21. The lowest BCUT2D eigenvalue weighted by Crippen LogP contribution is -2.41. The van der Waals surface area contributed by atoms with E-state index in [0.717, 1.165) is 28.7 Å². The number of H-pyrrole nitrogens is 1. The Morgan fingerprint density at radius 2 is 1.74 bits per heavy atom. The number of hydrogen-bond donors (Lipinski definition) is 4. The van der Waals surface area contributed by atoms with E-state index in [4.69, 9.17) is 4.74 Å². The van der Waals surface area contributed by atoms with Crippen LogP contribution in [0.3, 0.4) is 0 Å². The molecule has 0 spiro atoms. The van der Waals surface area contributed by atoms with Gasteiger partial charge < -0.3 is 15.2 Å². The number of carbonyl (C=O) groups excluding carboxylic acids is 2. The van der Waals surface area contributed by atoms with Crippen molar-refractivity contribution in [3.63, 3.8) is 0 Å². The number of aliphatic carboxylic acids is 1. The van der Waals surface area contributed by atoms with Gasteiger partial charge in [0.25, 0.3) is 11.9 Å². The van der Waals surface area contributed by atoms with Gasteiger partial charge in [0.15, 0.2) is 0 Å². The van der Waals surface area contributed by atoms with Crippen LogP contribution in [0.15, 0.2) is 48.5 Å². The van der Waals surface area contributed by atoms with Crippen LogP contribution in [-0.4, -0.2) is 50.9 Å².